The Morgan fingerprint density at radius 1 is 1.09 bits per heavy atom. The quantitative estimate of drug-likeness (QED) is 0.948. The summed E-state index contributed by atoms with van der Waals surface area (Å²) < 4.78 is 5.96. The molecule has 1 amide bonds. The third kappa shape index (κ3) is 3.60. The molecule has 1 aliphatic rings. The van der Waals surface area contributed by atoms with E-state index in [1.54, 1.807) is 17.0 Å². The summed E-state index contributed by atoms with van der Waals surface area (Å²) >= 11 is 0. The molecule has 0 spiro atoms. The summed E-state index contributed by atoms with van der Waals surface area (Å²) in [6.07, 6.45) is -1.36. The molecule has 1 heterocycles. The number of morpholine rings is 1. The Hall–Kier alpha value is -2.17. The standard InChI is InChI=1S/C19H21NO3/c1-14-12-20(13-17(23-14)15-8-4-2-5-9-15)19(22)18(21)16-10-6-3-7-11-16/h2-11,14,17-18,21H,12-13H2,1H3/t14-,17+,18-/m1/s1. The van der Waals surface area contributed by atoms with E-state index in [4.69, 9.17) is 4.74 Å². The second-order valence-electron chi connectivity index (χ2n) is 5.90. The molecule has 0 unspecified atom stereocenters. The van der Waals surface area contributed by atoms with Crippen LogP contribution in [0.1, 0.15) is 30.3 Å². The van der Waals surface area contributed by atoms with Crippen LogP contribution in [0.2, 0.25) is 0 Å². The molecule has 0 saturated carbocycles. The summed E-state index contributed by atoms with van der Waals surface area (Å²) in [7, 11) is 0. The molecule has 1 aliphatic heterocycles. The maximum Gasteiger partial charge on any atom is 0.256 e. The SMILES string of the molecule is C[C@@H]1CN(C(=O)[C@H](O)c2ccccc2)C[C@@H](c2ccccc2)O1. The molecule has 4 nitrogen and oxygen atoms in total. The lowest BCUT2D eigenvalue weighted by Crippen LogP contribution is -2.47. The molecule has 0 radical (unpaired) electrons. The summed E-state index contributed by atoms with van der Waals surface area (Å²) in [5.41, 5.74) is 1.67. The van der Waals surface area contributed by atoms with Gasteiger partial charge in [-0.15, -0.1) is 0 Å². The number of carbonyl (C=O) groups is 1. The van der Waals surface area contributed by atoms with Crippen LogP contribution in [0.4, 0.5) is 0 Å². The van der Waals surface area contributed by atoms with Crippen molar-refractivity contribution in [3.05, 3.63) is 71.8 Å². The number of ether oxygens (including phenoxy) is 1. The lowest BCUT2D eigenvalue weighted by atomic mass is 10.0. The van der Waals surface area contributed by atoms with E-state index >= 15 is 0 Å². The molecule has 0 aromatic heterocycles. The zero-order valence-electron chi connectivity index (χ0n) is 13.1. The Balaban J connectivity index is 1.75. The molecular weight excluding hydrogens is 290 g/mol. The molecule has 23 heavy (non-hydrogen) atoms. The zero-order valence-corrected chi connectivity index (χ0v) is 13.1. The average Bonchev–Trinajstić information content (AvgIpc) is 2.61. The van der Waals surface area contributed by atoms with E-state index in [1.165, 1.54) is 0 Å². The summed E-state index contributed by atoms with van der Waals surface area (Å²) in [6, 6.07) is 18.9. The van der Waals surface area contributed by atoms with Gasteiger partial charge in [-0.2, -0.15) is 0 Å². The minimum absolute atomic E-state index is 0.0686. The first kappa shape index (κ1) is 15.7. The zero-order chi connectivity index (χ0) is 16.2. The van der Waals surface area contributed by atoms with Gasteiger partial charge in [-0.25, -0.2) is 0 Å². The van der Waals surface area contributed by atoms with Gasteiger partial charge in [0.25, 0.3) is 5.91 Å². The molecule has 3 rings (SSSR count). The van der Waals surface area contributed by atoms with E-state index in [-0.39, 0.29) is 18.1 Å². The van der Waals surface area contributed by atoms with E-state index in [9.17, 15) is 9.90 Å². The van der Waals surface area contributed by atoms with Gasteiger partial charge in [-0.3, -0.25) is 4.79 Å². The van der Waals surface area contributed by atoms with Gasteiger partial charge in [0.15, 0.2) is 6.10 Å². The van der Waals surface area contributed by atoms with Crippen LogP contribution in [0.5, 0.6) is 0 Å². The number of carbonyl (C=O) groups excluding carboxylic acids is 1. The van der Waals surface area contributed by atoms with Crippen LogP contribution >= 0.6 is 0 Å². The number of amides is 1. The van der Waals surface area contributed by atoms with Gasteiger partial charge in [-0.05, 0) is 18.1 Å². The minimum Gasteiger partial charge on any atom is -0.378 e. The average molecular weight is 311 g/mol. The fraction of sp³-hybridized carbons (Fsp3) is 0.316. The number of hydrogen-bond donors (Lipinski definition) is 1. The molecule has 0 aliphatic carbocycles. The number of aliphatic hydroxyl groups is 1. The van der Waals surface area contributed by atoms with Gasteiger partial charge >= 0.3 is 0 Å². The monoisotopic (exact) mass is 311 g/mol. The number of hydrogen-bond acceptors (Lipinski definition) is 3. The fourth-order valence-electron chi connectivity index (χ4n) is 2.93. The molecule has 4 heteroatoms. The lowest BCUT2D eigenvalue weighted by molar-refractivity contribution is -0.153. The molecule has 2 aromatic carbocycles. The van der Waals surface area contributed by atoms with Crippen molar-refractivity contribution in [2.75, 3.05) is 13.1 Å². The number of rotatable bonds is 3. The first-order chi connectivity index (χ1) is 11.1. The molecule has 1 saturated heterocycles. The summed E-state index contributed by atoms with van der Waals surface area (Å²) in [5, 5.41) is 10.4. The second-order valence-corrected chi connectivity index (χ2v) is 5.90. The van der Waals surface area contributed by atoms with Gasteiger partial charge in [0.2, 0.25) is 0 Å². The summed E-state index contributed by atoms with van der Waals surface area (Å²) in [5.74, 6) is -0.271. The van der Waals surface area contributed by atoms with E-state index in [0.717, 1.165) is 5.56 Å². The van der Waals surface area contributed by atoms with Crippen LogP contribution < -0.4 is 0 Å². The van der Waals surface area contributed by atoms with Gasteiger partial charge in [0.1, 0.15) is 6.10 Å². The predicted molar refractivity (Wildman–Crippen MR) is 87.7 cm³/mol. The molecule has 2 aromatic rings. The van der Waals surface area contributed by atoms with E-state index < -0.39 is 6.10 Å². The van der Waals surface area contributed by atoms with E-state index in [0.29, 0.717) is 18.7 Å². The van der Waals surface area contributed by atoms with Gasteiger partial charge < -0.3 is 14.7 Å². The van der Waals surface area contributed by atoms with Crippen LogP contribution in [-0.2, 0) is 9.53 Å². The normalized spacial score (nSPS) is 22.6. The van der Waals surface area contributed by atoms with Gasteiger partial charge in [0.05, 0.1) is 12.6 Å². The number of benzene rings is 2. The Labute approximate surface area is 136 Å². The lowest BCUT2D eigenvalue weighted by Gasteiger charge is -2.38. The van der Waals surface area contributed by atoms with E-state index in [1.807, 2.05) is 55.5 Å². The predicted octanol–water partition coefficient (Wildman–Crippen LogP) is 2.71. The molecular formula is C19H21NO3. The van der Waals surface area contributed by atoms with Crippen molar-refractivity contribution < 1.29 is 14.6 Å². The van der Waals surface area contributed by atoms with Crippen LogP contribution in [-0.4, -0.2) is 35.1 Å². The van der Waals surface area contributed by atoms with E-state index in [2.05, 4.69) is 0 Å². The highest BCUT2D eigenvalue weighted by molar-refractivity contribution is 5.82. The largest absolute Gasteiger partial charge is 0.378 e. The highest BCUT2D eigenvalue weighted by Gasteiger charge is 2.32. The van der Waals surface area contributed by atoms with Gasteiger partial charge in [-0.1, -0.05) is 60.7 Å². The summed E-state index contributed by atoms with van der Waals surface area (Å²) in [6.45, 7) is 2.90. The second kappa shape index (κ2) is 6.94. The van der Waals surface area contributed by atoms with Crippen molar-refractivity contribution in [3.8, 4) is 0 Å². The van der Waals surface area contributed by atoms with Crippen molar-refractivity contribution in [3.63, 3.8) is 0 Å². The van der Waals surface area contributed by atoms with Crippen LogP contribution in [0.15, 0.2) is 60.7 Å². The Morgan fingerprint density at radius 3 is 2.35 bits per heavy atom. The first-order valence-electron chi connectivity index (χ1n) is 7.87. The Morgan fingerprint density at radius 2 is 1.70 bits per heavy atom. The molecule has 1 N–H and O–H groups in total. The molecule has 1 fully saturated rings. The maximum absolute atomic E-state index is 12.6. The highest BCUT2D eigenvalue weighted by Crippen LogP contribution is 2.27. The Bertz CT molecular complexity index is 644. The first-order valence-corrected chi connectivity index (χ1v) is 7.87. The topological polar surface area (TPSA) is 49.8 Å². The Kier molecular flexibility index (Phi) is 4.74. The summed E-state index contributed by atoms with van der Waals surface area (Å²) in [4.78, 5) is 14.3. The third-order valence-electron chi connectivity index (χ3n) is 4.09. The molecule has 3 atom stereocenters. The highest BCUT2D eigenvalue weighted by atomic mass is 16.5. The smallest absolute Gasteiger partial charge is 0.256 e. The third-order valence-corrected chi connectivity index (χ3v) is 4.09. The number of nitrogens with zero attached hydrogens (tertiary/aromatic N) is 1. The van der Waals surface area contributed by atoms with Crippen molar-refractivity contribution in [2.24, 2.45) is 0 Å². The van der Waals surface area contributed by atoms with Crippen LogP contribution in [0.3, 0.4) is 0 Å². The van der Waals surface area contributed by atoms with Gasteiger partial charge in [0, 0.05) is 6.54 Å². The minimum atomic E-state index is -1.13. The van der Waals surface area contributed by atoms with Crippen molar-refractivity contribution in [1.82, 2.24) is 4.90 Å². The maximum atomic E-state index is 12.6. The van der Waals surface area contributed by atoms with Crippen molar-refractivity contribution >= 4 is 5.91 Å². The molecule has 120 valence electrons. The van der Waals surface area contributed by atoms with Crippen molar-refractivity contribution in [2.45, 2.75) is 25.2 Å². The molecule has 0 bridgehead atoms. The van der Waals surface area contributed by atoms with Crippen molar-refractivity contribution in [1.29, 1.82) is 0 Å². The number of aliphatic hydroxyl groups excluding tert-OH is 1. The van der Waals surface area contributed by atoms with Crippen LogP contribution in [0.25, 0.3) is 0 Å². The fourth-order valence-corrected chi connectivity index (χ4v) is 2.93. The van der Waals surface area contributed by atoms with Crippen LogP contribution in [0, 0.1) is 0 Å².